The third-order valence-electron chi connectivity index (χ3n) is 5.06. The summed E-state index contributed by atoms with van der Waals surface area (Å²) in [7, 11) is 1.96. The van der Waals surface area contributed by atoms with Gasteiger partial charge in [0.15, 0.2) is 12.0 Å². The second kappa shape index (κ2) is 10.3. The van der Waals surface area contributed by atoms with Gasteiger partial charge in [0.2, 0.25) is 0 Å². The average molecular weight is 375 g/mol. The van der Waals surface area contributed by atoms with Gasteiger partial charge >= 0.3 is 0 Å². The molecule has 1 saturated carbocycles. The zero-order valence-electron chi connectivity index (χ0n) is 16.1. The first-order valence-electron chi connectivity index (χ1n) is 9.55. The van der Waals surface area contributed by atoms with Crippen molar-refractivity contribution < 1.29 is 9.53 Å². The third kappa shape index (κ3) is 5.56. The Balaban J connectivity index is 2.02. The molecule has 4 nitrogen and oxygen atoms in total. The van der Waals surface area contributed by atoms with Gasteiger partial charge in [-0.1, -0.05) is 31.4 Å². The van der Waals surface area contributed by atoms with Gasteiger partial charge in [-0.15, -0.1) is 0 Å². The van der Waals surface area contributed by atoms with Crippen LogP contribution < -0.4 is 4.90 Å². The number of thiocarbonyl (C=S) groups is 1. The van der Waals surface area contributed by atoms with E-state index in [1.54, 1.807) is 6.08 Å². The van der Waals surface area contributed by atoms with E-state index in [2.05, 4.69) is 30.9 Å². The van der Waals surface area contributed by atoms with Crippen LogP contribution in [-0.4, -0.2) is 42.5 Å². The van der Waals surface area contributed by atoms with E-state index in [1.807, 2.05) is 24.1 Å². The summed E-state index contributed by atoms with van der Waals surface area (Å²) in [6.07, 6.45) is 8.47. The SMILES string of the molecule is CCN(CC)c1ccc(/C=C(\C=O)OC(=S)N(C)C2CCCCC2)cc1. The van der Waals surface area contributed by atoms with Crippen LogP contribution in [-0.2, 0) is 9.53 Å². The highest BCUT2D eigenvalue weighted by atomic mass is 32.1. The zero-order chi connectivity index (χ0) is 18.9. The number of hydrogen-bond donors (Lipinski definition) is 0. The van der Waals surface area contributed by atoms with Crippen LogP contribution in [0, 0.1) is 0 Å². The zero-order valence-corrected chi connectivity index (χ0v) is 16.9. The van der Waals surface area contributed by atoms with E-state index in [0.717, 1.165) is 37.8 Å². The van der Waals surface area contributed by atoms with Gasteiger partial charge in [0.1, 0.15) is 0 Å². The lowest BCUT2D eigenvalue weighted by atomic mass is 9.95. The summed E-state index contributed by atoms with van der Waals surface area (Å²) in [6, 6.07) is 8.53. The molecule has 2 rings (SSSR count). The van der Waals surface area contributed by atoms with E-state index in [4.69, 9.17) is 17.0 Å². The summed E-state index contributed by atoms with van der Waals surface area (Å²) < 4.78 is 5.68. The molecule has 142 valence electrons. The lowest BCUT2D eigenvalue weighted by molar-refractivity contribution is -0.106. The Morgan fingerprint density at radius 1 is 1.15 bits per heavy atom. The summed E-state index contributed by atoms with van der Waals surface area (Å²) in [5, 5.41) is 0.370. The van der Waals surface area contributed by atoms with Crippen molar-refractivity contribution in [3.05, 3.63) is 35.6 Å². The van der Waals surface area contributed by atoms with E-state index in [9.17, 15) is 4.79 Å². The van der Waals surface area contributed by atoms with Crippen molar-refractivity contribution in [2.45, 2.75) is 52.0 Å². The molecule has 5 heteroatoms. The number of rotatable bonds is 7. The van der Waals surface area contributed by atoms with Crippen LogP contribution in [0.2, 0.25) is 0 Å². The number of anilines is 1. The quantitative estimate of drug-likeness (QED) is 0.300. The molecule has 1 fully saturated rings. The summed E-state index contributed by atoms with van der Waals surface area (Å²) in [5.74, 6) is 0.244. The predicted octanol–water partition coefficient (Wildman–Crippen LogP) is 4.64. The van der Waals surface area contributed by atoms with Crippen LogP contribution in [0.25, 0.3) is 6.08 Å². The average Bonchev–Trinajstić information content (AvgIpc) is 2.69. The molecule has 26 heavy (non-hydrogen) atoms. The summed E-state index contributed by atoms with van der Waals surface area (Å²) in [5.41, 5.74) is 2.10. The van der Waals surface area contributed by atoms with Gasteiger partial charge in [-0.05, 0) is 62.7 Å². The number of benzene rings is 1. The van der Waals surface area contributed by atoms with Crippen molar-refractivity contribution in [1.82, 2.24) is 4.90 Å². The highest BCUT2D eigenvalue weighted by Gasteiger charge is 2.21. The Bertz CT molecular complexity index is 617. The number of allylic oxidation sites excluding steroid dienone is 1. The van der Waals surface area contributed by atoms with E-state index in [-0.39, 0.29) is 5.76 Å². The van der Waals surface area contributed by atoms with Crippen LogP contribution in [0.1, 0.15) is 51.5 Å². The Kier molecular flexibility index (Phi) is 8.10. The molecule has 0 atom stereocenters. The van der Waals surface area contributed by atoms with Gasteiger partial charge in [0.25, 0.3) is 5.17 Å². The lowest BCUT2D eigenvalue weighted by Gasteiger charge is -2.32. The highest BCUT2D eigenvalue weighted by molar-refractivity contribution is 7.80. The van der Waals surface area contributed by atoms with Gasteiger partial charge in [0, 0.05) is 31.9 Å². The molecule has 0 spiro atoms. The van der Waals surface area contributed by atoms with Crippen molar-refractivity contribution in [2.24, 2.45) is 0 Å². The number of carbonyl (C=O) groups excluding carboxylic acids is 1. The fraction of sp³-hybridized carbons (Fsp3) is 0.524. The number of hydrogen-bond acceptors (Lipinski definition) is 4. The largest absolute Gasteiger partial charge is 0.428 e. The minimum Gasteiger partial charge on any atom is -0.428 e. The molecule has 0 heterocycles. The van der Waals surface area contributed by atoms with Crippen LogP contribution in [0.3, 0.4) is 0 Å². The molecule has 0 amide bonds. The van der Waals surface area contributed by atoms with Crippen molar-refractivity contribution in [1.29, 1.82) is 0 Å². The molecule has 0 bridgehead atoms. The molecular formula is C21H30N2O2S. The van der Waals surface area contributed by atoms with E-state index >= 15 is 0 Å². The third-order valence-corrected chi connectivity index (χ3v) is 5.43. The van der Waals surface area contributed by atoms with E-state index < -0.39 is 0 Å². The van der Waals surface area contributed by atoms with Crippen molar-refractivity contribution >= 4 is 35.4 Å². The molecule has 0 saturated heterocycles. The maximum absolute atomic E-state index is 11.4. The number of nitrogens with zero attached hydrogens (tertiary/aromatic N) is 2. The molecule has 0 unspecified atom stereocenters. The van der Waals surface area contributed by atoms with Crippen molar-refractivity contribution in [3.8, 4) is 0 Å². The molecule has 0 aromatic heterocycles. The number of carbonyl (C=O) groups is 1. The fourth-order valence-corrected chi connectivity index (χ4v) is 3.66. The Labute approximate surface area is 162 Å². The smallest absolute Gasteiger partial charge is 0.264 e. The Morgan fingerprint density at radius 3 is 2.31 bits per heavy atom. The molecule has 0 N–H and O–H groups in total. The minimum atomic E-state index is 0.244. The molecule has 1 aliphatic rings. The first-order chi connectivity index (χ1) is 12.6. The first kappa shape index (κ1) is 20.4. The molecule has 1 aromatic rings. The van der Waals surface area contributed by atoms with Crippen molar-refractivity contribution in [3.63, 3.8) is 0 Å². The summed E-state index contributed by atoms with van der Waals surface area (Å²) >= 11 is 5.40. The van der Waals surface area contributed by atoms with Crippen molar-refractivity contribution in [2.75, 3.05) is 25.0 Å². The second-order valence-electron chi connectivity index (χ2n) is 6.70. The second-order valence-corrected chi connectivity index (χ2v) is 7.05. The van der Waals surface area contributed by atoms with E-state index in [1.165, 1.54) is 24.9 Å². The summed E-state index contributed by atoms with van der Waals surface area (Å²) in [6.45, 7) is 6.21. The Hall–Kier alpha value is -1.88. The maximum Gasteiger partial charge on any atom is 0.264 e. The summed E-state index contributed by atoms with van der Waals surface area (Å²) in [4.78, 5) is 15.7. The Morgan fingerprint density at radius 2 is 1.77 bits per heavy atom. The minimum absolute atomic E-state index is 0.244. The fourth-order valence-electron chi connectivity index (χ4n) is 3.41. The van der Waals surface area contributed by atoms with Crippen LogP contribution in [0.15, 0.2) is 30.0 Å². The normalized spacial score (nSPS) is 15.4. The van der Waals surface area contributed by atoms with Crippen LogP contribution >= 0.6 is 12.2 Å². The number of aldehydes is 1. The standard InChI is InChI=1S/C21H30N2O2S/c1-4-23(5-2)19-13-11-17(12-14-19)15-20(16-24)25-21(26)22(3)18-9-7-6-8-10-18/h11-16,18H,4-10H2,1-3H3/b20-15+. The maximum atomic E-state index is 11.4. The predicted molar refractivity (Wildman–Crippen MR) is 112 cm³/mol. The topological polar surface area (TPSA) is 32.8 Å². The lowest BCUT2D eigenvalue weighted by Crippen LogP contribution is -2.38. The van der Waals surface area contributed by atoms with Crippen LogP contribution in [0.4, 0.5) is 5.69 Å². The van der Waals surface area contributed by atoms with Gasteiger partial charge in [-0.3, -0.25) is 4.79 Å². The molecular weight excluding hydrogens is 344 g/mol. The highest BCUT2D eigenvalue weighted by Crippen LogP contribution is 2.23. The molecule has 1 aromatic carbocycles. The molecule has 0 radical (unpaired) electrons. The van der Waals surface area contributed by atoms with E-state index in [0.29, 0.717) is 11.2 Å². The van der Waals surface area contributed by atoms with Gasteiger partial charge in [0.05, 0.1) is 0 Å². The number of ether oxygens (including phenoxy) is 1. The first-order valence-corrected chi connectivity index (χ1v) is 9.96. The van der Waals surface area contributed by atoms with Gasteiger partial charge < -0.3 is 14.5 Å². The molecule has 1 aliphatic carbocycles. The van der Waals surface area contributed by atoms with Gasteiger partial charge in [-0.2, -0.15) is 0 Å². The molecule has 0 aliphatic heterocycles. The monoisotopic (exact) mass is 374 g/mol. The van der Waals surface area contributed by atoms with Gasteiger partial charge in [-0.25, -0.2) is 0 Å². The van der Waals surface area contributed by atoms with Crippen LogP contribution in [0.5, 0.6) is 0 Å².